The van der Waals surface area contributed by atoms with Gasteiger partial charge in [0.1, 0.15) is 12.6 Å². The number of hydrogen-bond acceptors (Lipinski definition) is 7. The van der Waals surface area contributed by atoms with E-state index in [9.17, 15) is 29.1 Å². The highest BCUT2D eigenvalue weighted by atomic mass is 16.5. The third kappa shape index (κ3) is 6.91. The predicted molar refractivity (Wildman–Crippen MR) is 176 cm³/mol. The summed E-state index contributed by atoms with van der Waals surface area (Å²) >= 11 is 0. The Morgan fingerprint density at radius 2 is 1.89 bits per heavy atom. The predicted octanol–water partition coefficient (Wildman–Crippen LogP) is 4.84. The van der Waals surface area contributed by atoms with Crippen molar-refractivity contribution in [3.8, 4) is 0 Å². The summed E-state index contributed by atoms with van der Waals surface area (Å²) in [6, 6.07) is 8.72. The number of nitrogens with one attached hydrogen (secondary N) is 1. The average molecular weight is 645 g/mol. The molecule has 8 atom stereocenters. The molecule has 4 aliphatic rings. The van der Waals surface area contributed by atoms with Gasteiger partial charge in [-0.3, -0.25) is 24.5 Å². The number of ketones is 1. The number of allylic oxidation sites excluding steroid dienone is 2. The van der Waals surface area contributed by atoms with Gasteiger partial charge in [0.2, 0.25) is 5.91 Å². The number of unbranched alkanes of at least 4 members (excludes halogenated alkanes) is 2. The summed E-state index contributed by atoms with van der Waals surface area (Å²) in [5.41, 5.74) is -0.558. The molecule has 252 valence electrons. The number of aliphatic hydroxyl groups is 1. The topological polar surface area (TPSA) is 130 Å². The molecule has 2 N–H and O–H groups in total. The normalized spacial score (nSPS) is 30.9. The molecule has 5 rings (SSSR count). The van der Waals surface area contributed by atoms with Gasteiger partial charge >= 0.3 is 5.97 Å². The van der Waals surface area contributed by atoms with E-state index in [-0.39, 0.29) is 41.9 Å². The van der Waals surface area contributed by atoms with Gasteiger partial charge in [-0.2, -0.15) is 0 Å². The van der Waals surface area contributed by atoms with E-state index in [2.05, 4.69) is 18.8 Å². The lowest BCUT2D eigenvalue weighted by molar-refractivity contribution is -0.160. The molecule has 1 aromatic rings. The van der Waals surface area contributed by atoms with Crippen molar-refractivity contribution in [3.05, 3.63) is 71.8 Å². The number of ether oxygens (including phenoxy) is 1. The van der Waals surface area contributed by atoms with Crippen LogP contribution in [-0.4, -0.2) is 57.7 Å². The molecule has 1 aromatic carbocycles. The number of fused-ring (bicyclic) bond motifs is 1. The van der Waals surface area contributed by atoms with Crippen molar-refractivity contribution in [2.24, 2.45) is 35.5 Å². The second-order valence-corrected chi connectivity index (χ2v) is 13.9. The lowest BCUT2D eigenvalue weighted by Gasteiger charge is -2.51. The molecular weight excluding hydrogens is 596 g/mol. The lowest BCUT2D eigenvalue weighted by Crippen LogP contribution is -2.57. The first kappa shape index (κ1) is 34.5. The standard InChI is InChI=1S/C38H48N2O7/c1-5-7-9-15-26(6-2)30-31(35(43)39-34(30)42)33(41)29-23(3)17-18-38(46)21-27(20-24(4)32(29)38)36(44)40-19-12-16-28(40)37(45)47-22-25-13-10-8-11-14-25/h6,8,10-11,13-14,17-18,23-24,26-29,32,46H,2,5,7,9,12,15-16,19-22H2,1,3-4H3,(H,39,42,43). The molecule has 1 saturated heterocycles. The zero-order valence-electron chi connectivity index (χ0n) is 27.8. The molecule has 2 fully saturated rings. The summed E-state index contributed by atoms with van der Waals surface area (Å²) < 4.78 is 5.59. The molecule has 0 spiro atoms. The van der Waals surface area contributed by atoms with Gasteiger partial charge in [-0.1, -0.05) is 88.6 Å². The molecule has 1 saturated carbocycles. The van der Waals surface area contributed by atoms with Crippen molar-refractivity contribution >= 4 is 29.5 Å². The first-order chi connectivity index (χ1) is 22.5. The molecule has 0 aromatic heterocycles. The van der Waals surface area contributed by atoms with E-state index in [1.807, 2.05) is 44.2 Å². The molecule has 2 aliphatic heterocycles. The quantitative estimate of drug-likeness (QED) is 0.110. The van der Waals surface area contributed by atoms with Crippen LogP contribution >= 0.6 is 0 Å². The summed E-state index contributed by atoms with van der Waals surface area (Å²) in [4.78, 5) is 69.2. The number of Topliss-reactive ketones (excluding diaryl/α,β-unsaturated/α-hetero) is 1. The van der Waals surface area contributed by atoms with E-state index in [4.69, 9.17) is 4.74 Å². The van der Waals surface area contributed by atoms with Crippen LogP contribution in [0, 0.1) is 35.5 Å². The molecule has 9 nitrogen and oxygen atoms in total. The second-order valence-electron chi connectivity index (χ2n) is 13.9. The molecule has 3 amide bonds. The molecule has 9 heteroatoms. The largest absolute Gasteiger partial charge is 0.459 e. The highest BCUT2D eigenvalue weighted by molar-refractivity contribution is 6.33. The maximum absolute atomic E-state index is 14.4. The van der Waals surface area contributed by atoms with Gasteiger partial charge in [0.15, 0.2) is 5.78 Å². The zero-order chi connectivity index (χ0) is 33.9. The SMILES string of the molecule is C=CC(CCCCC)C1=C(C(=O)C2C(C)C=CC3(O)CC(C(=O)N4CCCC4C(=O)OCc4ccccc4)CC(C)C23)C(=O)NC1=O. The van der Waals surface area contributed by atoms with E-state index in [1.165, 1.54) is 0 Å². The number of esters is 1. The van der Waals surface area contributed by atoms with Gasteiger partial charge in [-0.25, -0.2) is 4.79 Å². The maximum atomic E-state index is 14.4. The van der Waals surface area contributed by atoms with Crippen LogP contribution in [0.25, 0.3) is 0 Å². The van der Waals surface area contributed by atoms with Crippen molar-refractivity contribution in [1.82, 2.24) is 10.2 Å². The Morgan fingerprint density at radius 1 is 1.15 bits per heavy atom. The molecule has 0 bridgehead atoms. The number of amides is 3. The highest BCUT2D eigenvalue weighted by Gasteiger charge is 2.56. The Bertz CT molecular complexity index is 1470. The Labute approximate surface area is 277 Å². The van der Waals surface area contributed by atoms with Gasteiger partial charge < -0.3 is 14.7 Å². The van der Waals surface area contributed by atoms with E-state index in [0.29, 0.717) is 32.2 Å². The van der Waals surface area contributed by atoms with Crippen molar-refractivity contribution in [2.45, 2.75) is 90.4 Å². The zero-order valence-corrected chi connectivity index (χ0v) is 27.8. The second kappa shape index (κ2) is 14.5. The number of nitrogens with zero attached hydrogens (tertiary/aromatic N) is 1. The highest BCUT2D eigenvalue weighted by Crippen LogP contribution is 2.52. The van der Waals surface area contributed by atoms with Crippen LogP contribution in [0.1, 0.15) is 77.7 Å². The molecule has 2 heterocycles. The molecule has 0 radical (unpaired) electrons. The lowest BCUT2D eigenvalue weighted by atomic mass is 9.55. The molecule has 8 unspecified atom stereocenters. The Kier molecular flexibility index (Phi) is 10.6. The summed E-state index contributed by atoms with van der Waals surface area (Å²) in [5, 5.41) is 14.5. The average Bonchev–Trinajstić information content (AvgIpc) is 3.66. The number of imide groups is 1. The summed E-state index contributed by atoms with van der Waals surface area (Å²) in [5.74, 6) is -5.20. The van der Waals surface area contributed by atoms with Crippen molar-refractivity contribution < 1.29 is 33.8 Å². The third-order valence-corrected chi connectivity index (χ3v) is 10.7. The van der Waals surface area contributed by atoms with E-state index >= 15 is 0 Å². The summed E-state index contributed by atoms with van der Waals surface area (Å²) in [6.45, 7) is 10.4. The Balaban J connectivity index is 1.35. The van der Waals surface area contributed by atoms with Crippen LogP contribution in [0.4, 0.5) is 0 Å². The van der Waals surface area contributed by atoms with Crippen molar-refractivity contribution in [2.75, 3.05) is 6.54 Å². The van der Waals surface area contributed by atoms with E-state index < -0.39 is 58.9 Å². The van der Waals surface area contributed by atoms with Gasteiger partial charge in [0, 0.05) is 35.8 Å². The summed E-state index contributed by atoms with van der Waals surface area (Å²) in [6.07, 6.45) is 10.2. The van der Waals surface area contributed by atoms with Gasteiger partial charge in [0.25, 0.3) is 11.8 Å². The first-order valence-corrected chi connectivity index (χ1v) is 17.2. The minimum Gasteiger partial charge on any atom is -0.459 e. The van der Waals surface area contributed by atoms with Gasteiger partial charge in [0.05, 0.1) is 11.2 Å². The number of carbonyl (C=O) groups is 5. The number of rotatable bonds is 12. The van der Waals surface area contributed by atoms with Crippen LogP contribution in [-0.2, 0) is 35.3 Å². The van der Waals surface area contributed by atoms with Crippen LogP contribution in [0.15, 0.2) is 66.3 Å². The van der Waals surface area contributed by atoms with Crippen molar-refractivity contribution in [3.63, 3.8) is 0 Å². The van der Waals surface area contributed by atoms with Gasteiger partial charge in [-0.05, 0) is 49.5 Å². The molecule has 47 heavy (non-hydrogen) atoms. The first-order valence-electron chi connectivity index (χ1n) is 17.2. The third-order valence-electron chi connectivity index (χ3n) is 10.7. The summed E-state index contributed by atoms with van der Waals surface area (Å²) in [7, 11) is 0. The number of benzene rings is 1. The van der Waals surface area contributed by atoms with Crippen LogP contribution in [0.3, 0.4) is 0 Å². The van der Waals surface area contributed by atoms with E-state index in [1.54, 1.807) is 23.1 Å². The fourth-order valence-electron chi connectivity index (χ4n) is 8.46. The molecular formula is C38H48N2O7. The minimum atomic E-state index is -1.48. The Hall–Kier alpha value is -3.85. The Morgan fingerprint density at radius 3 is 2.60 bits per heavy atom. The van der Waals surface area contributed by atoms with Gasteiger partial charge in [-0.15, -0.1) is 6.58 Å². The smallest absolute Gasteiger partial charge is 0.329 e. The number of hydrogen-bond donors (Lipinski definition) is 2. The monoisotopic (exact) mass is 644 g/mol. The number of carbonyl (C=O) groups excluding carboxylic acids is 5. The minimum absolute atomic E-state index is 0.0967. The van der Waals surface area contributed by atoms with E-state index in [0.717, 1.165) is 24.8 Å². The van der Waals surface area contributed by atoms with Crippen LogP contribution < -0.4 is 5.32 Å². The van der Waals surface area contributed by atoms with Crippen molar-refractivity contribution in [1.29, 1.82) is 0 Å². The van der Waals surface area contributed by atoms with Crippen LogP contribution in [0.5, 0.6) is 0 Å². The maximum Gasteiger partial charge on any atom is 0.329 e. The number of likely N-dealkylation sites (tertiary alicyclic amines) is 1. The molecule has 2 aliphatic carbocycles. The fourth-order valence-corrected chi connectivity index (χ4v) is 8.46. The van der Waals surface area contributed by atoms with Crippen LogP contribution in [0.2, 0.25) is 0 Å². The fraction of sp³-hybridized carbons (Fsp3) is 0.553.